The molecule has 0 saturated carbocycles. The second-order valence-electron chi connectivity index (χ2n) is 10.6. The Balaban J connectivity index is 2.18. The Labute approximate surface area is 214 Å². The summed E-state index contributed by atoms with van der Waals surface area (Å²) in [4.78, 5) is 25.0. The maximum absolute atomic E-state index is 12.5. The number of anilines is 1. The zero-order chi connectivity index (χ0) is 26.6. The molecule has 0 aliphatic rings. The van der Waals surface area contributed by atoms with Crippen LogP contribution in [0.3, 0.4) is 0 Å². The average Bonchev–Trinajstić information content (AvgIpc) is 2.81. The monoisotopic (exact) mass is 505 g/mol. The second kappa shape index (κ2) is 10.6. The van der Waals surface area contributed by atoms with Gasteiger partial charge in [0.15, 0.2) is 0 Å². The Morgan fingerprint density at radius 3 is 1.75 bits per heavy atom. The Morgan fingerprint density at radius 1 is 0.778 bits per heavy atom. The van der Waals surface area contributed by atoms with Crippen molar-refractivity contribution in [1.29, 1.82) is 0 Å². The summed E-state index contributed by atoms with van der Waals surface area (Å²) in [5, 5.41) is 4.63. The molecule has 7 heteroatoms. The number of benzene rings is 3. The van der Waals surface area contributed by atoms with Crippen molar-refractivity contribution in [3.05, 3.63) is 84.4 Å². The molecule has 0 bridgehead atoms. The smallest absolute Gasteiger partial charge is 0.412 e. The largest absolute Gasteiger partial charge is 0.534 e. The van der Waals surface area contributed by atoms with Gasteiger partial charge < -0.3 is 13.9 Å². The van der Waals surface area contributed by atoms with Gasteiger partial charge in [-0.25, -0.2) is 9.59 Å². The van der Waals surface area contributed by atoms with Crippen molar-refractivity contribution < 1.29 is 23.5 Å². The lowest BCUT2D eigenvalue weighted by atomic mass is 10.2. The third-order valence-electron chi connectivity index (χ3n) is 5.66. The molecule has 3 aromatic carbocycles. The van der Waals surface area contributed by atoms with Gasteiger partial charge in [-0.2, -0.15) is 0 Å². The quantitative estimate of drug-likeness (QED) is 0.341. The first kappa shape index (κ1) is 27.0. The number of amides is 1. The van der Waals surface area contributed by atoms with E-state index in [9.17, 15) is 9.59 Å². The van der Waals surface area contributed by atoms with Crippen molar-refractivity contribution in [1.82, 2.24) is 0 Å². The van der Waals surface area contributed by atoms with Gasteiger partial charge >= 0.3 is 20.4 Å². The van der Waals surface area contributed by atoms with Crippen LogP contribution in [0.4, 0.5) is 10.5 Å². The van der Waals surface area contributed by atoms with Crippen LogP contribution in [0.15, 0.2) is 78.9 Å². The zero-order valence-corrected chi connectivity index (χ0v) is 23.0. The first-order valence-electron chi connectivity index (χ1n) is 11.9. The molecule has 0 spiro atoms. The van der Waals surface area contributed by atoms with Crippen molar-refractivity contribution in [3.63, 3.8) is 0 Å². The van der Waals surface area contributed by atoms with Crippen molar-refractivity contribution in [2.45, 2.75) is 52.2 Å². The topological polar surface area (TPSA) is 73.9 Å². The summed E-state index contributed by atoms with van der Waals surface area (Å²) in [6.07, 6.45) is -0.624. The van der Waals surface area contributed by atoms with Gasteiger partial charge in [-0.05, 0) is 48.3 Å². The van der Waals surface area contributed by atoms with Crippen molar-refractivity contribution in [2.75, 3.05) is 12.4 Å². The minimum Gasteiger partial charge on any atom is -0.534 e. The van der Waals surface area contributed by atoms with E-state index in [0.717, 1.165) is 10.4 Å². The van der Waals surface area contributed by atoms with Gasteiger partial charge in [0, 0.05) is 11.8 Å². The first-order chi connectivity index (χ1) is 16.9. The lowest BCUT2D eigenvalue weighted by Crippen LogP contribution is -2.68. The fourth-order valence-corrected chi connectivity index (χ4v) is 8.62. The molecule has 1 N–H and O–H groups in total. The van der Waals surface area contributed by atoms with E-state index in [1.54, 1.807) is 39.0 Å². The van der Waals surface area contributed by atoms with E-state index in [2.05, 4.69) is 50.4 Å². The number of methoxy groups -OCH3 is 1. The van der Waals surface area contributed by atoms with Gasteiger partial charge in [-0.15, -0.1) is 0 Å². The normalized spacial score (nSPS) is 12.0. The number of carbonyl (C=O) groups is 2. The third kappa shape index (κ3) is 6.15. The van der Waals surface area contributed by atoms with E-state index < -0.39 is 26.0 Å². The fourth-order valence-electron chi connectivity index (χ4n) is 4.21. The summed E-state index contributed by atoms with van der Waals surface area (Å²) in [7, 11) is -1.64. The first-order valence-corrected chi connectivity index (χ1v) is 13.8. The molecule has 0 fully saturated rings. The molecule has 1 amide bonds. The maximum Gasteiger partial charge on any atom is 0.412 e. The highest BCUT2D eigenvalue weighted by molar-refractivity contribution is 7.00. The number of esters is 1. The van der Waals surface area contributed by atoms with E-state index in [1.807, 2.05) is 36.4 Å². The van der Waals surface area contributed by atoms with Crippen LogP contribution in [-0.2, 0) is 9.47 Å². The van der Waals surface area contributed by atoms with Crippen LogP contribution in [0.2, 0.25) is 5.04 Å². The Hall–Kier alpha value is -3.58. The second-order valence-corrected chi connectivity index (χ2v) is 14.9. The molecule has 3 aromatic rings. The number of carbonyl (C=O) groups excluding carboxylic acids is 2. The van der Waals surface area contributed by atoms with Crippen LogP contribution in [0.1, 0.15) is 51.9 Å². The summed E-state index contributed by atoms with van der Waals surface area (Å²) >= 11 is 0. The molecule has 0 radical (unpaired) electrons. The Kier molecular flexibility index (Phi) is 7.94. The van der Waals surface area contributed by atoms with E-state index in [1.165, 1.54) is 7.11 Å². The minimum absolute atomic E-state index is 0.263. The minimum atomic E-state index is -2.96. The predicted octanol–water partition coefficient (Wildman–Crippen LogP) is 5.76. The maximum atomic E-state index is 12.5. The summed E-state index contributed by atoms with van der Waals surface area (Å²) in [5.74, 6) is -0.0756. The van der Waals surface area contributed by atoms with Gasteiger partial charge in [0.1, 0.15) is 11.4 Å². The molecular formula is C29H35NO5Si. The molecule has 0 heterocycles. The van der Waals surface area contributed by atoms with Gasteiger partial charge in [-0.1, -0.05) is 81.4 Å². The summed E-state index contributed by atoms with van der Waals surface area (Å²) < 4.78 is 17.4. The lowest BCUT2D eigenvalue weighted by Gasteiger charge is -2.43. The van der Waals surface area contributed by atoms with Crippen LogP contribution in [0.5, 0.6) is 5.75 Å². The van der Waals surface area contributed by atoms with E-state index in [0.29, 0.717) is 11.4 Å². The number of nitrogens with one attached hydrogen (secondary N) is 1. The van der Waals surface area contributed by atoms with Gasteiger partial charge in [0.05, 0.1) is 12.7 Å². The Bertz CT molecular complexity index is 1160. The lowest BCUT2D eigenvalue weighted by molar-refractivity contribution is 0.0596. The zero-order valence-electron chi connectivity index (χ0n) is 22.0. The fraction of sp³-hybridized carbons (Fsp3) is 0.310. The summed E-state index contributed by atoms with van der Waals surface area (Å²) in [6.45, 7) is 11.9. The van der Waals surface area contributed by atoms with Crippen molar-refractivity contribution in [3.8, 4) is 5.75 Å². The summed E-state index contributed by atoms with van der Waals surface area (Å²) in [6, 6.07) is 25.3. The summed E-state index contributed by atoms with van der Waals surface area (Å²) in [5.41, 5.74) is -0.0303. The highest BCUT2D eigenvalue weighted by atomic mass is 28.4. The van der Waals surface area contributed by atoms with Crippen LogP contribution < -0.4 is 20.1 Å². The van der Waals surface area contributed by atoms with Crippen LogP contribution in [0.25, 0.3) is 0 Å². The van der Waals surface area contributed by atoms with E-state index >= 15 is 0 Å². The molecule has 0 atom stereocenters. The molecule has 0 aliphatic carbocycles. The van der Waals surface area contributed by atoms with Crippen molar-refractivity contribution >= 4 is 36.4 Å². The molecule has 36 heavy (non-hydrogen) atoms. The Morgan fingerprint density at radius 2 is 1.31 bits per heavy atom. The van der Waals surface area contributed by atoms with Crippen molar-refractivity contribution in [2.24, 2.45) is 0 Å². The van der Waals surface area contributed by atoms with Gasteiger partial charge in [-0.3, -0.25) is 5.32 Å². The van der Waals surface area contributed by atoms with E-state index in [4.69, 9.17) is 13.9 Å². The highest BCUT2D eigenvalue weighted by Crippen LogP contribution is 2.38. The molecule has 3 rings (SSSR count). The number of hydrogen-bond donors (Lipinski definition) is 1. The molecule has 0 aliphatic heterocycles. The standard InChI is InChI=1S/C29H35NO5Si/c1-28(2,3)34-27(32)30-22-18-21(26(31)33-7)19-23(20-22)35-36(29(4,5)6,24-14-10-8-11-15-24)25-16-12-9-13-17-25/h8-20H,1-7H3,(H,30,32). The molecule has 0 unspecified atom stereocenters. The highest BCUT2D eigenvalue weighted by Gasteiger charge is 2.52. The van der Waals surface area contributed by atoms with Crippen LogP contribution in [-0.4, -0.2) is 33.1 Å². The molecule has 0 saturated heterocycles. The van der Waals surface area contributed by atoms with Crippen LogP contribution in [0, 0.1) is 0 Å². The molecular weight excluding hydrogens is 470 g/mol. The third-order valence-corrected chi connectivity index (χ3v) is 10.6. The van der Waals surface area contributed by atoms with E-state index in [-0.39, 0.29) is 10.6 Å². The molecule has 6 nitrogen and oxygen atoms in total. The number of hydrogen-bond acceptors (Lipinski definition) is 5. The predicted molar refractivity (Wildman–Crippen MR) is 146 cm³/mol. The molecule has 190 valence electrons. The number of ether oxygens (including phenoxy) is 2. The average molecular weight is 506 g/mol. The van der Waals surface area contributed by atoms with Gasteiger partial charge in [0.2, 0.25) is 0 Å². The van der Waals surface area contributed by atoms with Gasteiger partial charge in [0.25, 0.3) is 0 Å². The van der Waals surface area contributed by atoms with Crippen LogP contribution >= 0.6 is 0 Å². The SMILES string of the molecule is COC(=O)c1cc(NC(=O)OC(C)(C)C)cc(O[Si](c2ccccc2)(c2ccccc2)C(C)(C)C)c1. The number of rotatable bonds is 6. The molecule has 0 aromatic heterocycles.